The molecule has 1 aromatic heterocycles. The van der Waals surface area contributed by atoms with Crippen molar-refractivity contribution in [2.75, 3.05) is 37.0 Å². The van der Waals surface area contributed by atoms with Crippen LogP contribution in [0.4, 0.5) is 16.2 Å². The maximum atomic E-state index is 13.0. The van der Waals surface area contributed by atoms with E-state index in [1.807, 2.05) is 11.9 Å². The fourth-order valence-electron chi connectivity index (χ4n) is 3.55. The number of urea groups is 1. The number of hydrogen-bond donors (Lipinski definition) is 2. The molecule has 1 aromatic carbocycles. The van der Waals surface area contributed by atoms with Crippen molar-refractivity contribution < 1.29 is 22.7 Å². The molecule has 0 saturated carbocycles. The molecule has 12 heteroatoms. The number of carbonyl (C=O) groups excluding carboxylic acids is 2. The van der Waals surface area contributed by atoms with Gasteiger partial charge in [0.2, 0.25) is 5.91 Å². The third-order valence-corrected chi connectivity index (χ3v) is 7.05. The normalized spacial score (nSPS) is 17.2. The van der Waals surface area contributed by atoms with Crippen molar-refractivity contribution in [2.45, 2.75) is 17.9 Å². The summed E-state index contributed by atoms with van der Waals surface area (Å²) in [4.78, 5) is 31.0. The van der Waals surface area contributed by atoms with Gasteiger partial charge in [-0.25, -0.2) is 17.5 Å². The number of likely N-dealkylation sites (N-methyl/N-ethyl adjacent to an activating group) is 1. The highest BCUT2D eigenvalue weighted by Gasteiger charge is 2.39. The minimum atomic E-state index is -4.39. The molecule has 0 radical (unpaired) electrons. The number of pyridine rings is 1. The summed E-state index contributed by atoms with van der Waals surface area (Å²) in [5, 5.41) is 14.3. The minimum absolute atomic E-state index is 0.00340. The van der Waals surface area contributed by atoms with Gasteiger partial charge in [-0.2, -0.15) is 5.26 Å². The lowest BCUT2D eigenvalue weighted by molar-refractivity contribution is -0.121. The van der Waals surface area contributed by atoms with Gasteiger partial charge >= 0.3 is 6.03 Å². The van der Waals surface area contributed by atoms with Crippen molar-refractivity contribution in [3.8, 4) is 11.8 Å². The van der Waals surface area contributed by atoms with E-state index in [1.165, 1.54) is 18.2 Å². The van der Waals surface area contributed by atoms with Crippen LogP contribution >= 0.6 is 0 Å². The molecule has 4 rings (SSSR count). The number of nitrogens with zero attached hydrogens (tertiary/aromatic N) is 4. The molecule has 11 nitrogen and oxygen atoms in total. The number of nitriles is 1. The summed E-state index contributed by atoms with van der Waals surface area (Å²) >= 11 is 0. The third kappa shape index (κ3) is 3.67. The molecule has 32 heavy (non-hydrogen) atoms. The summed E-state index contributed by atoms with van der Waals surface area (Å²) in [5.41, 5.74) is 1.27. The number of ether oxygens (including phenoxy) is 1. The fraction of sp³-hybridized carbons (Fsp3) is 0.300. The second kappa shape index (κ2) is 8.01. The highest BCUT2D eigenvalue weighted by atomic mass is 32.2. The molecule has 0 spiro atoms. The summed E-state index contributed by atoms with van der Waals surface area (Å²) in [6.07, 6.45) is 1.58. The monoisotopic (exact) mass is 456 g/mol. The Morgan fingerprint density at radius 3 is 2.97 bits per heavy atom. The Kier molecular flexibility index (Phi) is 5.35. The van der Waals surface area contributed by atoms with Crippen LogP contribution in [0, 0.1) is 11.3 Å². The van der Waals surface area contributed by atoms with Gasteiger partial charge in [-0.1, -0.05) is 6.07 Å². The average Bonchev–Trinajstić information content (AvgIpc) is 2.76. The van der Waals surface area contributed by atoms with Crippen molar-refractivity contribution in [2.24, 2.45) is 0 Å². The smallest absolute Gasteiger partial charge is 0.336 e. The zero-order valence-corrected chi connectivity index (χ0v) is 18.1. The first kappa shape index (κ1) is 21.4. The highest BCUT2D eigenvalue weighted by molar-refractivity contribution is 7.90. The molecule has 2 N–H and O–H groups in total. The van der Waals surface area contributed by atoms with E-state index in [0.29, 0.717) is 28.9 Å². The topological polar surface area (TPSA) is 145 Å². The van der Waals surface area contributed by atoms with E-state index in [0.717, 1.165) is 5.69 Å². The second-order valence-corrected chi connectivity index (χ2v) is 9.17. The SMILES string of the molecule is C[C@H](NC(=O)CN1C(=O)Nc2cccc(C#N)c2S1(=O)=O)c1cc2c(cn1)OCCN2C. The molecular weight excluding hydrogens is 436 g/mol. The standard InChI is InChI=1S/C20H20N6O5S/c1-12(15-8-16-17(10-22-15)31-7-6-25(16)2)23-18(27)11-26-20(28)24-14-5-3-4-13(9-21)19(14)32(26,29)30/h3-5,8,10,12H,6-7,11H2,1-2H3,(H,23,27)(H,24,28)/t12-/m0/s1. The van der Waals surface area contributed by atoms with Gasteiger partial charge in [0.1, 0.15) is 24.1 Å². The molecule has 0 aliphatic carbocycles. The number of hydrogen-bond acceptors (Lipinski definition) is 8. The van der Waals surface area contributed by atoms with Crippen molar-refractivity contribution in [3.05, 3.63) is 41.7 Å². The van der Waals surface area contributed by atoms with E-state index in [9.17, 15) is 23.3 Å². The largest absolute Gasteiger partial charge is 0.488 e. The van der Waals surface area contributed by atoms with E-state index >= 15 is 0 Å². The minimum Gasteiger partial charge on any atom is -0.488 e. The molecule has 0 unspecified atom stereocenters. The number of nitrogens with one attached hydrogen (secondary N) is 2. The summed E-state index contributed by atoms with van der Waals surface area (Å²) in [5.74, 6) is -0.0534. The van der Waals surface area contributed by atoms with Gasteiger partial charge in [0.05, 0.1) is 41.4 Å². The maximum absolute atomic E-state index is 13.0. The van der Waals surface area contributed by atoms with E-state index in [-0.39, 0.29) is 16.1 Å². The first-order valence-electron chi connectivity index (χ1n) is 9.72. The van der Waals surface area contributed by atoms with Gasteiger partial charge in [-0.15, -0.1) is 0 Å². The van der Waals surface area contributed by atoms with Gasteiger partial charge in [0, 0.05) is 7.05 Å². The highest BCUT2D eigenvalue weighted by Crippen LogP contribution is 2.33. The van der Waals surface area contributed by atoms with Crippen LogP contribution in [0.3, 0.4) is 0 Å². The third-order valence-electron chi connectivity index (χ3n) is 5.22. The first-order valence-corrected chi connectivity index (χ1v) is 11.2. The molecule has 166 valence electrons. The lowest BCUT2D eigenvalue weighted by atomic mass is 10.1. The number of aromatic nitrogens is 1. The molecule has 2 aromatic rings. The van der Waals surface area contributed by atoms with Crippen molar-refractivity contribution in [1.29, 1.82) is 5.26 Å². The number of fused-ring (bicyclic) bond motifs is 2. The number of anilines is 2. The Morgan fingerprint density at radius 2 is 2.22 bits per heavy atom. The number of amides is 3. The van der Waals surface area contributed by atoms with Crippen molar-refractivity contribution in [3.63, 3.8) is 0 Å². The lowest BCUT2D eigenvalue weighted by Gasteiger charge is -2.29. The zero-order valence-electron chi connectivity index (χ0n) is 17.3. The predicted octanol–water partition coefficient (Wildman–Crippen LogP) is 1.20. The van der Waals surface area contributed by atoms with Crippen LogP contribution < -0.4 is 20.3 Å². The molecule has 2 aliphatic heterocycles. The molecular formula is C20H20N6O5S. The summed E-state index contributed by atoms with van der Waals surface area (Å²) < 4.78 is 31.9. The van der Waals surface area contributed by atoms with Crippen LogP contribution in [-0.4, -0.2) is 56.4 Å². The van der Waals surface area contributed by atoms with Gasteiger partial charge in [-0.3, -0.25) is 9.78 Å². The van der Waals surface area contributed by atoms with E-state index in [1.54, 1.807) is 25.3 Å². The number of sulfonamides is 1. The molecule has 3 amide bonds. The summed E-state index contributed by atoms with van der Waals surface area (Å²) in [6, 6.07) is 6.24. The zero-order chi connectivity index (χ0) is 23.0. The Morgan fingerprint density at radius 1 is 1.44 bits per heavy atom. The Labute approximate surface area is 184 Å². The summed E-state index contributed by atoms with van der Waals surface area (Å²) in [6.45, 7) is 2.22. The van der Waals surface area contributed by atoms with Crippen LogP contribution in [0.25, 0.3) is 0 Å². The number of benzene rings is 1. The number of carbonyl (C=O) groups is 2. The Balaban J connectivity index is 1.52. The van der Waals surface area contributed by atoms with Crippen LogP contribution in [0.5, 0.6) is 5.75 Å². The molecule has 3 heterocycles. The van der Waals surface area contributed by atoms with Gasteiger partial charge in [0.25, 0.3) is 10.0 Å². The molecule has 0 fully saturated rings. The van der Waals surface area contributed by atoms with Gasteiger partial charge in [0.15, 0.2) is 5.75 Å². The Hall–Kier alpha value is -3.85. The van der Waals surface area contributed by atoms with Crippen molar-refractivity contribution >= 4 is 33.3 Å². The van der Waals surface area contributed by atoms with Gasteiger partial charge < -0.3 is 20.3 Å². The lowest BCUT2D eigenvalue weighted by Crippen LogP contribution is -2.49. The predicted molar refractivity (Wildman–Crippen MR) is 114 cm³/mol. The van der Waals surface area contributed by atoms with Crippen molar-refractivity contribution in [1.82, 2.24) is 14.6 Å². The average molecular weight is 456 g/mol. The van der Waals surface area contributed by atoms with Crippen LogP contribution in [0.15, 0.2) is 35.4 Å². The molecule has 1 atom stereocenters. The van der Waals surface area contributed by atoms with Crippen LogP contribution in [0.1, 0.15) is 24.2 Å². The van der Waals surface area contributed by atoms with E-state index in [4.69, 9.17) is 4.74 Å². The van der Waals surface area contributed by atoms with Crippen LogP contribution in [-0.2, 0) is 14.8 Å². The molecule has 2 aliphatic rings. The summed E-state index contributed by atoms with van der Waals surface area (Å²) in [7, 11) is -2.47. The van der Waals surface area contributed by atoms with Crippen LogP contribution in [0.2, 0.25) is 0 Å². The number of rotatable bonds is 4. The van der Waals surface area contributed by atoms with Gasteiger partial charge in [-0.05, 0) is 25.1 Å². The molecule has 0 bridgehead atoms. The molecule has 0 saturated heterocycles. The van der Waals surface area contributed by atoms with E-state index < -0.39 is 34.5 Å². The first-order chi connectivity index (χ1) is 15.2. The second-order valence-electron chi connectivity index (χ2n) is 7.37. The van der Waals surface area contributed by atoms with E-state index in [2.05, 4.69) is 15.6 Å². The Bertz CT molecular complexity index is 1260. The fourth-order valence-corrected chi connectivity index (χ4v) is 5.11. The maximum Gasteiger partial charge on any atom is 0.336 e. The quantitative estimate of drug-likeness (QED) is 0.698.